The quantitative estimate of drug-likeness (QED) is 0.764. The number of hydrogen-bond acceptors (Lipinski definition) is 4. The lowest BCUT2D eigenvalue weighted by atomic mass is 10.2. The van der Waals surface area contributed by atoms with E-state index in [4.69, 9.17) is 0 Å². The van der Waals surface area contributed by atoms with Gasteiger partial charge < -0.3 is 5.32 Å². The number of rotatable bonds is 4. The van der Waals surface area contributed by atoms with Crippen molar-refractivity contribution in [3.05, 3.63) is 66.2 Å². The van der Waals surface area contributed by atoms with Gasteiger partial charge in [-0.1, -0.05) is 18.2 Å². The molecule has 0 aliphatic carbocycles. The summed E-state index contributed by atoms with van der Waals surface area (Å²) in [6, 6.07) is 17.4. The first kappa shape index (κ1) is 15.9. The Morgan fingerprint density at radius 2 is 1.67 bits per heavy atom. The topological polar surface area (TPSA) is 88.2 Å². The van der Waals surface area contributed by atoms with Crippen LogP contribution in [0.2, 0.25) is 0 Å². The Labute approximate surface area is 139 Å². The summed E-state index contributed by atoms with van der Waals surface area (Å²) >= 11 is 0. The van der Waals surface area contributed by atoms with Gasteiger partial charge in [-0.15, -0.1) is 0 Å². The van der Waals surface area contributed by atoms with Crippen molar-refractivity contribution in [1.82, 2.24) is 4.98 Å². The Bertz CT molecular complexity index is 999. The van der Waals surface area contributed by atoms with Crippen LogP contribution in [0, 0.1) is 0 Å². The number of anilines is 2. The molecule has 7 heteroatoms. The van der Waals surface area contributed by atoms with Gasteiger partial charge in [-0.2, -0.15) is 0 Å². The number of benzene rings is 2. The number of nitrogens with zero attached hydrogens (tertiary/aromatic N) is 1. The minimum absolute atomic E-state index is 0.316. The third-order valence-corrected chi connectivity index (χ3v) is 3.90. The molecule has 0 aliphatic rings. The Kier molecular flexibility index (Phi) is 4.18. The van der Waals surface area contributed by atoms with E-state index in [-0.39, 0.29) is 5.91 Å². The van der Waals surface area contributed by atoms with Crippen LogP contribution in [0.4, 0.5) is 11.5 Å². The lowest BCUT2D eigenvalue weighted by molar-refractivity contribution is 0.102. The number of nitrogens with one attached hydrogen (secondary N) is 2. The number of fused-ring (bicyclic) bond motifs is 1. The van der Waals surface area contributed by atoms with Crippen LogP contribution in [0.1, 0.15) is 10.4 Å². The highest BCUT2D eigenvalue weighted by Crippen LogP contribution is 2.16. The Morgan fingerprint density at radius 3 is 2.38 bits per heavy atom. The average molecular weight is 341 g/mol. The van der Waals surface area contributed by atoms with E-state index < -0.39 is 10.0 Å². The third kappa shape index (κ3) is 3.88. The van der Waals surface area contributed by atoms with Crippen LogP contribution in [-0.2, 0) is 10.0 Å². The molecule has 0 fully saturated rings. The number of aromatic nitrogens is 1. The molecular weight excluding hydrogens is 326 g/mol. The summed E-state index contributed by atoms with van der Waals surface area (Å²) < 4.78 is 24.7. The molecule has 0 spiro atoms. The standard InChI is InChI=1S/C17H15N3O3S/c1-24(22,23)20-14-9-6-13(7-10-14)17(21)19-16-11-8-12-4-2-3-5-15(12)18-16/h2-11,20H,1H3,(H,18,19,21). The average Bonchev–Trinajstić information content (AvgIpc) is 2.54. The van der Waals surface area contributed by atoms with E-state index in [2.05, 4.69) is 15.0 Å². The molecule has 1 heterocycles. The summed E-state index contributed by atoms with van der Waals surface area (Å²) in [5, 5.41) is 3.72. The number of amides is 1. The highest BCUT2D eigenvalue weighted by atomic mass is 32.2. The van der Waals surface area contributed by atoms with Crippen LogP contribution in [0.15, 0.2) is 60.7 Å². The summed E-state index contributed by atoms with van der Waals surface area (Å²) in [7, 11) is -3.34. The molecule has 2 N–H and O–H groups in total. The molecule has 0 unspecified atom stereocenters. The molecule has 0 saturated heterocycles. The molecule has 2 aromatic carbocycles. The molecule has 0 saturated carbocycles. The molecule has 3 rings (SSSR count). The van der Waals surface area contributed by atoms with Gasteiger partial charge in [0.1, 0.15) is 5.82 Å². The fraction of sp³-hybridized carbons (Fsp3) is 0.0588. The smallest absolute Gasteiger partial charge is 0.256 e. The van der Waals surface area contributed by atoms with E-state index in [1.54, 1.807) is 18.2 Å². The molecule has 1 amide bonds. The predicted molar refractivity (Wildman–Crippen MR) is 94.6 cm³/mol. The van der Waals surface area contributed by atoms with Gasteiger partial charge in [0.05, 0.1) is 11.8 Å². The zero-order valence-electron chi connectivity index (χ0n) is 12.9. The van der Waals surface area contributed by atoms with E-state index in [0.717, 1.165) is 17.2 Å². The Morgan fingerprint density at radius 1 is 0.958 bits per heavy atom. The maximum atomic E-state index is 12.3. The lowest BCUT2D eigenvalue weighted by Gasteiger charge is -2.07. The number of hydrogen-bond donors (Lipinski definition) is 2. The van der Waals surface area contributed by atoms with Crippen molar-refractivity contribution in [3.63, 3.8) is 0 Å². The van der Waals surface area contributed by atoms with Crippen molar-refractivity contribution < 1.29 is 13.2 Å². The van der Waals surface area contributed by atoms with Crippen LogP contribution < -0.4 is 10.0 Å². The highest BCUT2D eigenvalue weighted by Gasteiger charge is 2.08. The molecule has 0 radical (unpaired) electrons. The van der Waals surface area contributed by atoms with Gasteiger partial charge in [-0.05, 0) is 42.5 Å². The van der Waals surface area contributed by atoms with Gasteiger partial charge in [-0.25, -0.2) is 13.4 Å². The van der Waals surface area contributed by atoms with E-state index in [9.17, 15) is 13.2 Å². The number of carbonyl (C=O) groups is 1. The van der Waals surface area contributed by atoms with Crippen molar-refractivity contribution in [2.45, 2.75) is 0 Å². The van der Waals surface area contributed by atoms with Gasteiger partial charge in [0.15, 0.2) is 0 Å². The maximum absolute atomic E-state index is 12.3. The molecule has 24 heavy (non-hydrogen) atoms. The molecule has 0 atom stereocenters. The van der Waals surface area contributed by atoms with E-state index >= 15 is 0 Å². The first-order valence-electron chi connectivity index (χ1n) is 7.16. The fourth-order valence-electron chi connectivity index (χ4n) is 2.23. The van der Waals surface area contributed by atoms with Crippen molar-refractivity contribution in [2.24, 2.45) is 0 Å². The first-order chi connectivity index (χ1) is 11.4. The summed E-state index contributed by atoms with van der Waals surface area (Å²) in [6.07, 6.45) is 1.07. The first-order valence-corrected chi connectivity index (χ1v) is 9.05. The number of para-hydroxylation sites is 1. The van der Waals surface area contributed by atoms with Gasteiger partial charge in [-0.3, -0.25) is 9.52 Å². The van der Waals surface area contributed by atoms with E-state index in [0.29, 0.717) is 17.1 Å². The van der Waals surface area contributed by atoms with Crippen molar-refractivity contribution in [3.8, 4) is 0 Å². The number of sulfonamides is 1. The number of carbonyl (C=O) groups excluding carboxylic acids is 1. The molecule has 0 bridgehead atoms. The van der Waals surface area contributed by atoms with Crippen molar-refractivity contribution >= 4 is 38.3 Å². The monoisotopic (exact) mass is 341 g/mol. The largest absolute Gasteiger partial charge is 0.307 e. The van der Waals surface area contributed by atoms with Gasteiger partial charge >= 0.3 is 0 Å². The third-order valence-electron chi connectivity index (χ3n) is 3.29. The Balaban J connectivity index is 1.76. The fourth-order valence-corrected chi connectivity index (χ4v) is 2.79. The van der Waals surface area contributed by atoms with E-state index in [1.165, 1.54) is 12.1 Å². The van der Waals surface area contributed by atoms with Gasteiger partial charge in [0.25, 0.3) is 5.91 Å². The van der Waals surface area contributed by atoms with Crippen LogP contribution in [0.5, 0.6) is 0 Å². The Hall–Kier alpha value is -2.93. The zero-order chi connectivity index (χ0) is 17.2. The predicted octanol–water partition coefficient (Wildman–Crippen LogP) is 2.86. The second-order valence-electron chi connectivity index (χ2n) is 5.29. The van der Waals surface area contributed by atoms with Crippen LogP contribution in [0.3, 0.4) is 0 Å². The summed E-state index contributed by atoms with van der Waals surface area (Å²) in [6.45, 7) is 0. The van der Waals surface area contributed by atoms with Crippen LogP contribution in [-0.4, -0.2) is 25.6 Å². The van der Waals surface area contributed by atoms with Crippen molar-refractivity contribution in [1.29, 1.82) is 0 Å². The van der Waals surface area contributed by atoms with Crippen LogP contribution in [0.25, 0.3) is 10.9 Å². The SMILES string of the molecule is CS(=O)(=O)Nc1ccc(C(=O)Nc2ccc3ccccc3n2)cc1. The van der Waals surface area contributed by atoms with Gasteiger partial charge in [0.2, 0.25) is 10.0 Å². The minimum Gasteiger partial charge on any atom is -0.307 e. The number of pyridine rings is 1. The second kappa shape index (κ2) is 6.29. The summed E-state index contributed by atoms with van der Waals surface area (Å²) in [5.74, 6) is 0.140. The molecule has 6 nitrogen and oxygen atoms in total. The minimum atomic E-state index is -3.34. The lowest BCUT2D eigenvalue weighted by Crippen LogP contribution is -2.13. The summed E-state index contributed by atoms with van der Waals surface area (Å²) in [4.78, 5) is 16.6. The maximum Gasteiger partial charge on any atom is 0.256 e. The van der Waals surface area contributed by atoms with E-state index in [1.807, 2.05) is 30.3 Å². The second-order valence-corrected chi connectivity index (χ2v) is 7.04. The van der Waals surface area contributed by atoms with Crippen LogP contribution >= 0.6 is 0 Å². The normalized spacial score (nSPS) is 11.2. The van der Waals surface area contributed by atoms with Crippen molar-refractivity contribution in [2.75, 3.05) is 16.3 Å². The molecule has 3 aromatic rings. The summed E-state index contributed by atoms with van der Waals surface area (Å²) in [5.41, 5.74) is 1.60. The highest BCUT2D eigenvalue weighted by molar-refractivity contribution is 7.92. The van der Waals surface area contributed by atoms with Gasteiger partial charge in [0, 0.05) is 16.6 Å². The molecule has 1 aromatic heterocycles. The molecular formula is C17H15N3O3S. The molecule has 122 valence electrons. The zero-order valence-corrected chi connectivity index (χ0v) is 13.7. The molecule has 0 aliphatic heterocycles.